The molecule has 3 N–H and O–H groups in total. The molecule has 1 aliphatic rings. The number of nitrogens with one attached hydrogen (secondary N) is 1. The lowest BCUT2D eigenvalue weighted by molar-refractivity contribution is -0.137. The van der Waals surface area contributed by atoms with Gasteiger partial charge in [0.05, 0.1) is 5.56 Å². The first-order valence-electron chi connectivity index (χ1n) is 6.49. The molecule has 0 aliphatic heterocycles. The molecule has 0 aromatic heterocycles. The van der Waals surface area contributed by atoms with Gasteiger partial charge in [-0.25, -0.2) is 0 Å². The third-order valence-corrected chi connectivity index (χ3v) is 3.86. The maximum atomic E-state index is 12.7. The molecule has 1 aromatic rings. The number of amides is 1. The minimum absolute atomic E-state index is 0.344. The summed E-state index contributed by atoms with van der Waals surface area (Å²) in [5, 5.41) is 2.56. The van der Waals surface area contributed by atoms with Crippen LogP contribution >= 0.6 is 0 Å². The predicted octanol–water partition coefficient (Wildman–Crippen LogP) is 2.03. The van der Waals surface area contributed by atoms with Crippen LogP contribution in [0.3, 0.4) is 0 Å². The molecular weight excluding hydrogens is 269 g/mol. The van der Waals surface area contributed by atoms with Gasteiger partial charge >= 0.3 is 6.18 Å². The van der Waals surface area contributed by atoms with Gasteiger partial charge in [-0.2, -0.15) is 13.2 Å². The van der Waals surface area contributed by atoms with E-state index in [1.54, 1.807) is 0 Å². The minimum Gasteiger partial charge on any atom is -0.357 e. The summed E-state index contributed by atoms with van der Waals surface area (Å²) in [6, 6.07) is 3.87. The summed E-state index contributed by atoms with van der Waals surface area (Å²) in [4.78, 5) is 10.4. The van der Waals surface area contributed by atoms with Gasteiger partial charge in [-0.15, -0.1) is 0 Å². The van der Waals surface area contributed by atoms with E-state index in [0.717, 1.165) is 11.6 Å². The number of carbonyl (C=O) groups is 1. The molecule has 1 amide bonds. The lowest BCUT2D eigenvalue weighted by atomic mass is 9.91. The van der Waals surface area contributed by atoms with Crippen molar-refractivity contribution in [3.8, 4) is 0 Å². The molecule has 0 fully saturated rings. The van der Waals surface area contributed by atoms with Crippen molar-refractivity contribution < 1.29 is 18.0 Å². The predicted molar refractivity (Wildman–Crippen MR) is 69.1 cm³/mol. The van der Waals surface area contributed by atoms with Crippen molar-refractivity contribution in [2.75, 3.05) is 6.54 Å². The third-order valence-electron chi connectivity index (χ3n) is 3.86. The first-order chi connectivity index (χ1) is 9.34. The number of nitrogens with two attached hydrogens (primary N) is 1. The van der Waals surface area contributed by atoms with E-state index in [0.29, 0.717) is 44.2 Å². The number of halogens is 3. The van der Waals surface area contributed by atoms with Crippen LogP contribution in [0.5, 0.6) is 0 Å². The Morgan fingerprint density at radius 3 is 2.50 bits per heavy atom. The van der Waals surface area contributed by atoms with E-state index in [1.165, 1.54) is 12.1 Å². The van der Waals surface area contributed by atoms with Crippen LogP contribution in [0, 0.1) is 0 Å². The third kappa shape index (κ3) is 3.30. The zero-order chi connectivity index (χ0) is 14.8. The van der Waals surface area contributed by atoms with Crippen LogP contribution in [-0.2, 0) is 23.8 Å². The van der Waals surface area contributed by atoms with Crippen molar-refractivity contribution in [3.63, 3.8) is 0 Å². The minimum atomic E-state index is -4.32. The summed E-state index contributed by atoms with van der Waals surface area (Å²) in [6.45, 7) is 0.344. The number of fused-ring (bicyclic) bond motifs is 1. The topological polar surface area (TPSA) is 55.1 Å². The van der Waals surface area contributed by atoms with E-state index in [9.17, 15) is 18.0 Å². The Morgan fingerprint density at radius 1 is 1.25 bits per heavy atom. The molecule has 3 nitrogen and oxygen atoms in total. The number of hydrogen-bond acceptors (Lipinski definition) is 2. The molecule has 20 heavy (non-hydrogen) atoms. The van der Waals surface area contributed by atoms with Crippen molar-refractivity contribution in [2.24, 2.45) is 5.73 Å². The molecule has 6 heteroatoms. The number of rotatable bonds is 3. The molecule has 1 aliphatic carbocycles. The van der Waals surface area contributed by atoms with E-state index in [2.05, 4.69) is 5.32 Å². The smallest absolute Gasteiger partial charge is 0.357 e. The van der Waals surface area contributed by atoms with Crippen molar-refractivity contribution in [2.45, 2.75) is 37.4 Å². The average molecular weight is 286 g/mol. The van der Waals surface area contributed by atoms with Gasteiger partial charge in [0.2, 0.25) is 6.41 Å². The number of alkyl halides is 3. The quantitative estimate of drug-likeness (QED) is 0.660. The van der Waals surface area contributed by atoms with Gasteiger partial charge in [0.15, 0.2) is 0 Å². The summed E-state index contributed by atoms with van der Waals surface area (Å²) < 4.78 is 38.1. The zero-order valence-electron chi connectivity index (χ0n) is 11.0. The molecule has 110 valence electrons. The lowest BCUT2D eigenvalue weighted by Crippen LogP contribution is -2.48. The van der Waals surface area contributed by atoms with Crippen molar-refractivity contribution >= 4 is 6.41 Å². The van der Waals surface area contributed by atoms with E-state index in [4.69, 9.17) is 5.73 Å². The summed E-state index contributed by atoms with van der Waals surface area (Å²) in [7, 11) is 0. The Labute approximate surface area is 115 Å². The highest BCUT2D eigenvalue weighted by Crippen LogP contribution is 2.33. The largest absolute Gasteiger partial charge is 0.416 e. The number of carbonyl (C=O) groups excluding carboxylic acids is 1. The highest BCUT2D eigenvalue weighted by Gasteiger charge is 2.33. The molecular formula is C14H17F3N2O. The van der Waals surface area contributed by atoms with Crippen LogP contribution in [0.25, 0.3) is 0 Å². The van der Waals surface area contributed by atoms with Crippen molar-refractivity contribution in [1.82, 2.24) is 5.32 Å². The van der Waals surface area contributed by atoms with Crippen LogP contribution < -0.4 is 11.1 Å². The van der Waals surface area contributed by atoms with Gasteiger partial charge < -0.3 is 11.1 Å². The molecule has 0 unspecified atom stereocenters. The van der Waals surface area contributed by atoms with Crippen LogP contribution in [-0.4, -0.2) is 18.5 Å². The monoisotopic (exact) mass is 286 g/mol. The molecule has 0 bridgehead atoms. The van der Waals surface area contributed by atoms with E-state index < -0.39 is 17.3 Å². The van der Waals surface area contributed by atoms with Crippen LogP contribution in [0.15, 0.2) is 18.2 Å². The fourth-order valence-corrected chi connectivity index (χ4v) is 2.59. The molecule has 0 heterocycles. The van der Waals surface area contributed by atoms with Gasteiger partial charge in [0.25, 0.3) is 0 Å². The normalized spacial score (nSPS) is 22.8. The van der Waals surface area contributed by atoms with Crippen LogP contribution in [0.1, 0.15) is 29.5 Å². The molecule has 1 atom stereocenters. The maximum absolute atomic E-state index is 12.7. The summed E-state index contributed by atoms with van der Waals surface area (Å²) in [5.41, 5.74) is 6.65. The Morgan fingerprint density at radius 2 is 1.90 bits per heavy atom. The lowest BCUT2D eigenvalue weighted by Gasteiger charge is -2.27. The number of hydrogen-bond donors (Lipinski definition) is 2. The van der Waals surface area contributed by atoms with Crippen LogP contribution in [0.4, 0.5) is 13.2 Å². The van der Waals surface area contributed by atoms with E-state index in [1.807, 2.05) is 0 Å². The zero-order valence-corrected chi connectivity index (χ0v) is 11.0. The van der Waals surface area contributed by atoms with Gasteiger partial charge in [-0.1, -0.05) is 6.07 Å². The summed E-state index contributed by atoms with van der Waals surface area (Å²) in [5.74, 6) is 0. The van der Waals surface area contributed by atoms with Gasteiger partial charge in [-0.05, 0) is 48.9 Å². The second-order valence-corrected chi connectivity index (χ2v) is 5.34. The maximum Gasteiger partial charge on any atom is 0.416 e. The van der Waals surface area contributed by atoms with E-state index >= 15 is 0 Å². The van der Waals surface area contributed by atoms with Crippen molar-refractivity contribution in [3.05, 3.63) is 34.9 Å². The fourth-order valence-electron chi connectivity index (χ4n) is 2.59. The van der Waals surface area contributed by atoms with Gasteiger partial charge in [-0.3, -0.25) is 4.79 Å². The summed E-state index contributed by atoms with van der Waals surface area (Å²) in [6.07, 6.45) is -1.40. The Hall–Kier alpha value is -1.56. The first-order valence-corrected chi connectivity index (χ1v) is 6.49. The average Bonchev–Trinajstić information content (AvgIpc) is 2.56. The highest BCUT2D eigenvalue weighted by molar-refractivity contribution is 5.46. The first kappa shape index (κ1) is 14.8. The molecule has 0 saturated heterocycles. The molecule has 0 radical (unpaired) electrons. The second-order valence-electron chi connectivity index (χ2n) is 5.34. The molecule has 2 rings (SSSR count). The van der Waals surface area contributed by atoms with Gasteiger partial charge in [0, 0.05) is 12.1 Å². The van der Waals surface area contributed by atoms with E-state index in [-0.39, 0.29) is 0 Å². The highest BCUT2D eigenvalue weighted by atomic mass is 19.4. The fraction of sp³-hybridized carbons (Fsp3) is 0.500. The molecule has 0 saturated carbocycles. The SMILES string of the molecule is N[C@]1(CNC=O)CCc2ccc(C(F)(F)F)cc2CC1. The second kappa shape index (κ2) is 5.44. The van der Waals surface area contributed by atoms with Gasteiger partial charge in [0.1, 0.15) is 0 Å². The summed E-state index contributed by atoms with van der Waals surface area (Å²) >= 11 is 0. The standard InChI is InChI=1S/C14H17F3N2O/c15-14(16,17)12-2-1-10-3-5-13(18,8-19-9-20)6-4-11(10)7-12/h1-2,7,9H,3-6,8,18H2,(H,19,20)/t13-/m1/s1. The molecule has 1 aromatic carbocycles. The van der Waals surface area contributed by atoms with Crippen molar-refractivity contribution in [1.29, 1.82) is 0 Å². The number of aryl methyl sites for hydroxylation is 2. The Balaban J connectivity index is 2.19. The Bertz CT molecular complexity index is 502. The number of benzene rings is 1. The van der Waals surface area contributed by atoms with Crippen LogP contribution in [0.2, 0.25) is 0 Å². The Kier molecular flexibility index (Phi) is 4.04. The molecule has 0 spiro atoms.